The smallest absolute Gasteiger partial charge is 0.255 e. The van der Waals surface area contributed by atoms with Gasteiger partial charge in [-0.1, -0.05) is 29.8 Å². The highest BCUT2D eigenvalue weighted by Gasteiger charge is 2.05. The fourth-order valence-corrected chi connectivity index (χ4v) is 1.49. The van der Waals surface area contributed by atoms with Crippen LogP contribution in [0.25, 0.3) is 0 Å². The average Bonchev–Trinajstić information content (AvgIpc) is 2.30. The molecular formula is C13H9ClNO. The number of rotatable bonds is 2. The van der Waals surface area contributed by atoms with Gasteiger partial charge in [0.1, 0.15) is 0 Å². The quantitative estimate of drug-likeness (QED) is 0.842. The van der Waals surface area contributed by atoms with Crippen LogP contribution < -0.4 is 5.32 Å². The van der Waals surface area contributed by atoms with Gasteiger partial charge in [0.2, 0.25) is 0 Å². The first-order valence-corrected chi connectivity index (χ1v) is 5.16. The van der Waals surface area contributed by atoms with Crippen molar-refractivity contribution in [3.63, 3.8) is 0 Å². The lowest BCUT2D eigenvalue weighted by Gasteiger charge is -2.04. The van der Waals surface area contributed by atoms with E-state index in [1.807, 2.05) is 0 Å². The molecule has 3 heteroatoms. The Morgan fingerprint density at radius 3 is 2.62 bits per heavy atom. The molecule has 2 rings (SSSR count). The van der Waals surface area contributed by atoms with Gasteiger partial charge in [0.25, 0.3) is 5.91 Å². The van der Waals surface area contributed by atoms with E-state index in [0.717, 1.165) is 5.69 Å². The van der Waals surface area contributed by atoms with Crippen LogP contribution in [-0.4, -0.2) is 5.91 Å². The van der Waals surface area contributed by atoms with Crippen LogP contribution in [0.4, 0.5) is 5.69 Å². The lowest BCUT2D eigenvalue weighted by Crippen LogP contribution is -2.11. The van der Waals surface area contributed by atoms with Crippen LogP contribution in [0.3, 0.4) is 0 Å². The van der Waals surface area contributed by atoms with Gasteiger partial charge in [0, 0.05) is 16.3 Å². The molecule has 1 N–H and O–H groups in total. The molecule has 0 bridgehead atoms. The van der Waals surface area contributed by atoms with Crippen molar-refractivity contribution in [2.24, 2.45) is 0 Å². The lowest BCUT2D eigenvalue weighted by molar-refractivity contribution is 0.102. The average molecular weight is 231 g/mol. The van der Waals surface area contributed by atoms with E-state index in [1.165, 1.54) is 0 Å². The molecule has 2 aromatic rings. The second kappa shape index (κ2) is 4.81. The maximum atomic E-state index is 11.8. The molecule has 1 radical (unpaired) electrons. The van der Waals surface area contributed by atoms with Gasteiger partial charge in [-0.05, 0) is 36.4 Å². The van der Waals surface area contributed by atoms with Crippen molar-refractivity contribution in [1.29, 1.82) is 0 Å². The first-order chi connectivity index (χ1) is 7.75. The van der Waals surface area contributed by atoms with E-state index in [-0.39, 0.29) is 5.91 Å². The number of hydrogen-bond acceptors (Lipinski definition) is 1. The first kappa shape index (κ1) is 10.7. The van der Waals surface area contributed by atoms with Gasteiger partial charge < -0.3 is 5.32 Å². The standard InChI is InChI=1S/C13H9ClNO/c14-11-6-4-5-10(9-11)13(16)15-12-7-2-1-3-8-12/h2-9H,(H,15,16). The van der Waals surface area contributed by atoms with Crippen molar-refractivity contribution in [3.8, 4) is 0 Å². The number of amides is 1. The zero-order chi connectivity index (χ0) is 11.4. The van der Waals surface area contributed by atoms with Gasteiger partial charge >= 0.3 is 0 Å². The van der Waals surface area contributed by atoms with Crippen LogP contribution in [0.5, 0.6) is 0 Å². The third-order valence-corrected chi connectivity index (χ3v) is 2.30. The number of halogens is 1. The van der Waals surface area contributed by atoms with Gasteiger partial charge in [-0.2, -0.15) is 0 Å². The van der Waals surface area contributed by atoms with Crippen molar-refractivity contribution in [1.82, 2.24) is 0 Å². The monoisotopic (exact) mass is 230 g/mol. The maximum Gasteiger partial charge on any atom is 0.255 e. The fraction of sp³-hybridized carbons (Fsp3) is 0. The summed E-state index contributed by atoms with van der Waals surface area (Å²) in [5, 5.41) is 3.32. The Bertz CT molecular complexity index is 496. The predicted octanol–water partition coefficient (Wildman–Crippen LogP) is 3.39. The number of nitrogens with one attached hydrogen (secondary N) is 1. The van der Waals surface area contributed by atoms with E-state index in [0.29, 0.717) is 10.6 Å². The molecule has 0 fully saturated rings. The van der Waals surface area contributed by atoms with E-state index in [4.69, 9.17) is 11.6 Å². The third kappa shape index (κ3) is 2.61. The molecule has 0 atom stereocenters. The van der Waals surface area contributed by atoms with Gasteiger partial charge in [0.15, 0.2) is 0 Å². The van der Waals surface area contributed by atoms with Gasteiger partial charge in [-0.25, -0.2) is 0 Å². The molecule has 1 amide bonds. The van der Waals surface area contributed by atoms with Crippen molar-refractivity contribution in [2.75, 3.05) is 5.32 Å². The minimum Gasteiger partial charge on any atom is -0.322 e. The summed E-state index contributed by atoms with van der Waals surface area (Å²) < 4.78 is 0. The number of anilines is 1. The molecule has 0 saturated heterocycles. The van der Waals surface area contributed by atoms with Gasteiger partial charge in [-0.15, -0.1) is 0 Å². The molecular weight excluding hydrogens is 222 g/mol. The molecule has 0 spiro atoms. The summed E-state index contributed by atoms with van der Waals surface area (Å²) in [6, 6.07) is 16.8. The molecule has 0 aliphatic heterocycles. The summed E-state index contributed by atoms with van der Waals surface area (Å²) in [6.45, 7) is 0. The normalized spacial score (nSPS) is 9.81. The van der Waals surface area contributed by atoms with E-state index >= 15 is 0 Å². The highest BCUT2D eigenvalue weighted by atomic mass is 35.5. The zero-order valence-corrected chi connectivity index (χ0v) is 9.16. The SMILES string of the molecule is O=C(Nc1cc[c]cc1)c1cccc(Cl)c1. The zero-order valence-electron chi connectivity index (χ0n) is 8.41. The van der Waals surface area contributed by atoms with Crippen LogP contribution in [0, 0.1) is 6.07 Å². The lowest BCUT2D eigenvalue weighted by atomic mass is 10.2. The molecule has 0 heterocycles. The summed E-state index contributed by atoms with van der Waals surface area (Å²) in [4.78, 5) is 11.8. The molecule has 2 aromatic carbocycles. The Morgan fingerprint density at radius 2 is 1.94 bits per heavy atom. The second-order valence-electron chi connectivity index (χ2n) is 3.25. The molecule has 0 aromatic heterocycles. The Balaban J connectivity index is 2.15. The molecule has 0 unspecified atom stereocenters. The predicted molar refractivity (Wildman–Crippen MR) is 64.7 cm³/mol. The molecule has 0 aliphatic carbocycles. The molecule has 2 nitrogen and oxygen atoms in total. The second-order valence-corrected chi connectivity index (χ2v) is 3.69. The van der Waals surface area contributed by atoms with E-state index in [2.05, 4.69) is 11.4 Å². The van der Waals surface area contributed by atoms with Crippen LogP contribution in [0.15, 0.2) is 48.5 Å². The van der Waals surface area contributed by atoms with Crippen LogP contribution >= 0.6 is 11.6 Å². The molecule has 0 aliphatic rings. The van der Waals surface area contributed by atoms with Crippen molar-refractivity contribution in [3.05, 3.63) is 65.2 Å². The number of benzene rings is 2. The summed E-state index contributed by atoms with van der Waals surface area (Å²) in [5.41, 5.74) is 1.28. The first-order valence-electron chi connectivity index (χ1n) is 4.79. The van der Waals surface area contributed by atoms with Gasteiger partial charge in [-0.3, -0.25) is 4.79 Å². The number of carbonyl (C=O) groups excluding carboxylic acids is 1. The summed E-state index contributed by atoms with van der Waals surface area (Å²) in [7, 11) is 0. The van der Waals surface area contributed by atoms with Crippen molar-refractivity contribution < 1.29 is 4.79 Å². The minimum absolute atomic E-state index is 0.172. The van der Waals surface area contributed by atoms with Crippen LogP contribution in [0.1, 0.15) is 10.4 Å². The van der Waals surface area contributed by atoms with E-state index in [9.17, 15) is 4.79 Å². The maximum absolute atomic E-state index is 11.8. The van der Waals surface area contributed by atoms with Crippen LogP contribution in [0.2, 0.25) is 5.02 Å². The topological polar surface area (TPSA) is 29.1 Å². The van der Waals surface area contributed by atoms with Crippen LogP contribution in [-0.2, 0) is 0 Å². The van der Waals surface area contributed by atoms with E-state index in [1.54, 1.807) is 48.5 Å². The number of carbonyl (C=O) groups is 1. The largest absolute Gasteiger partial charge is 0.322 e. The Labute approximate surface area is 98.9 Å². The van der Waals surface area contributed by atoms with Crippen molar-refractivity contribution in [2.45, 2.75) is 0 Å². The van der Waals surface area contributed by atoms with Crippen molar-refractivity contribution >= 4 is 23.2 Å². The summed E-state index contributed by atoms with van der Waals surface area (Å²) in [5.74, 6) is -0.172. The molecule has 0 saturated carbocycles. The highest BCUT2D eigenvalue weighted by Crippen LogP contribution is 2.13. The number of hydrogen-bond donors (Lipinski definition) is 1. The summed E-state index contributed by atoms with van der Waals surface area (Å²) >= 11 is 5.81. The Kier molecular flexibility index (Phi) is 3.22. The third-order valence-electron chi connectivity index (χ3n) is 2.06. The summed E-state index contributed by atoms with van der Waals surface area (Å²) in [6.07, 6.45) is 0. The van der Waals surface area contributed by atoms with Gasteiger partial charge in [0.05, 0.1) is 0 Å². The molecule has 79 valence electrons. The highest BCUT2D eigenvalue weighted by molar-refractivity contribution is 6.31. The van der Waals surface area contributed by atoms with E-state index < -0.39 is 0 Å². The molecule has 16 heavy (non-hydrogen) atoms. The minimum atomic E-state index is -0.172. The fourth-order valence-electron chi connectivity index (χ4n) is 1.30. The Morgan fingerprint density at radius 1 is 1.19 bits per heavy atom. The Hall–Kier alpha value is -1.80.